The van der Waals surface area contributed by atoms with E-state index in [2.05, 4.69) is 15.3 Å². The number of nitrogens with one attached hydrogen (secondary N) is 2. The number of carbonyl (C=O) groups excluding carboxylic acids is 1. The molecule has 4 aromatic rings. The fraction of sp³-hybridized carbons (Fsp3) is 0.276. The second-order valence-corrected chi connectivity index (χ2v) is 12.3. The van der Waals surface area contributed by atoms with Crippen LogP contribution in [-0.2, 0) is 25.8 Å². The van der Waals surface area contributed by atoms with Crippen LogP contribution in [0.25, 0.3) is 11.0 Å². The lowest BCUT2D eigenvalue weighted by Crippen LogP contribution is -2.40. The molecule has 0 unspecified atom stereocenters. The SMILES string of the molecule is CN(c1ccc([C@H]2CCC[C@@H](C(=O)Nc3ccc(C(F)(F)F)cc3F)[C@@H]2C(=O)O)cc1)S(=O)(=O)c1ccc2nc[nH]c2c1. The van der Waals surface area contributed by atoms with Crippen molar-refractivity contribution < 1.29 is 40.7 Å². The second kappa shape index (κ2) is 11.3. The summed E-state index contributed by atoms with van der Waals surface area (Å²) >= 11 is 0. The van der Waals surface area contributed by atoms with Crippen LogP contribution in [0, 0.1) is 17.7 Å². The molecule has 0 spiro atoms. The van der Waals surface area contributed by atoms with E-state index in [9.17, 15) is 40.7 Å². The van der Waals surface area contributed by atoms with E-state index < -0.39 is 62.9 Å². The molecule has 43 heavy (non-hydrogen) atoms. The molecule has 1 heterocycles. The largest absolute Gasteiger partial charge is 0.481 e. The molecule has 0 saturated heterocycles. The molecule has 1 aliphatic rings. The van der Waals surface area contributed by atoms with E-state index in [0.29, 0.717) is 41.2 Å². The number of fused-ring (bicyclic) bond motifs is 1. The van der Waals surface area contributed by atoms with Gasteiger partial charge in [0.05, 0.1) is 51.0 Å². The number of sulfonamides is 1. The van der Waals surface area contributed by atoms with Crippen LogP contribution >= 0.6 is 0 Å². The van der Waals surface area contributed by atoms with Gasteiger partial charge in [-0.1, -0.05) is 18.6 Å². The summed E-state index contributed by atoms with van der Waals surface area (Å²) in [6.45, 7) is 0. The van der Waals surface area contributed by atoms with Crippen molar-refractivity contribution in [1.29, 1.82) is 0 Å². The number of aliphatic carboxylic acids is 1. The summed E-state index contributed by atoms with van der Waals surface area (Å²) < 4.78 is 80.7. The number of halogens is 4. The van der Waals surface area contributed by atoms with Crippen molar-refractivity contribution in [3.63, 3.8) is 0 Å². The minimum Gasteiger partial charge on any atom is -0.481 e. The molecule has 3 N–H and O–H groups in total. The minimum atomic E-state index is -4.77. The van der Waals surface area contributed by atoms with E-state index in [-0.39, 0.29) is 17.4 Å². The Morgan fingerprint density at radius 3 is 2.42 bits per heavy atom. The van der Waals surface area contributed by atoms with Gasteiger partial charge in [0.25, 0.3) is 10.0 Å². The molecule has 1 fully saturated rings. The van der Waals surface area contributed by atoms with Crippen LogP contribution in [0.4, 0.5) is 28.9 Å². The van der Waals surface area contributed by atoms with Crippen LogP contribution in [0.15, 0.2) is 71.9 Å². The van der Waals surface area contributed by atoms with Gasteiger partial charge in [-0.3, -0.25) is 13.9 Å². The maximum absolute atomic E-state index is 14.4. The third-order valence-electron chi connectivity index (χ3n) is 7.81. The maximum Gasteiger partial charge on any atom is 0.416 e. The second-order valence-electron chi connectivity index (χ2n) is 10.3. The number of carboxylic acids is 1. The number of aromatic nitrogens is 2. The molecule has 9 nitrogen and oxygen atoms in total. The molecule has 0 radical (unpaired) electrons. The van der Waals surface area contributed by atoms with Gasteiger partial charge in [-0.15, -0.1) is 0 Å². The molecular formula is C29H26F4N4O5S. The predicted molar refractivity (Wildman–Crippen MR) is 149 cm³/mol. The first-order valence-electron chi connectivity index (χ1n) is 13.2. The fourth-order valence-corrected chi connectivity index (χ4v) is 6.75. The van der Waals surface area contributed by atoms with E-state index >= 15 is 0 Å². The van der Waals surface area contributed by atoms with Crippen LogP contribution < -0.4 is 9.62 Å². The lowest BCUT2D eigenvalue weighted by Gasteiger charge is -2.35. The number of benzene rings is 3. The molecule has 1 saturated carbocycles. The number of carboxylic acid groups (broad SMARTS) is 1. The van der Waals surface area contributed by atoms with Crippen molar-refractivity contribution in [3.05, 3.63) is 83.9 Å². The van der Waals surface area contributed by atoms with Crippen molar-refractivity contribution in [3.8, 4) is 0 Å². The first-order valence-corrected chi connectivity index (χ1v) is 14.6. The summed E-state index contributed by atoms with van der Waals surface area (Å²) in [6, 6.07) is 12.5. The lowest BCUT2D eigenvalue weighted by atomic mass is 9.69. The average Bonchev–Trinajstić information content (AvgIpc) is 3.45. The Kier molecular flexibility index (Phi) is 7.90. The zero-order valence-electron chi connectivity index (χ0n) is 22.6. The minimum absolute atomic E-state index is 0.0485. The number of rotatable bonds is 7. The fourth-order valence-electron chi connectivity index (χ4n) is 5.53. The first kappa shape index (κ1) is 30.0. The number of imidazole rings is 1. The van der Waals surface area contributed by atoms with Gasteiger partial charge in [0.2, 0.25) is 5.91 Å². The number of hydrogen-bond acceptors (Lipinski definition) is 5. The molecule has 5 rings (SSSR count). The van der Waals surface area contributed by atoms with Crippen LogP contribution in [0.1, 0.15) is 36.3 Å². The highest BCUT2D eigenvalue weighted by Crippen LogP contribution is 2.43. The quantitative estimate of drug-likeness (QED) is 0.225. The molecule has 3 aromatic carbocycles. The molecule has 1 aliphatic carbocycles. The van der Waals surface area contributed by atoms with E-state index in [1.807, 2.05) is 0 Å². The summed E-state index contributed by atoms with van der Waals surface area (Å²) in [6.07, 6.45) is -2.24. The van der Waals surface area contributed by atoms with Gasteiger partial charge < -0.3 is 15.4 Å². The standard InChI is InChI=1S/C29H26F4N4O5S/c1-37(43(41,42)19-10-12-24-25(14-19)35-15-34-24)18-8-5-16(6-9-18)20-3-2-4-21(26(20)28(39)40)27(38)36-23-11-7-17(13-22(23)30)29(31,32)33/h5-15,20-21,26H,2-4H2,1H3,(H,34,35)(H,36,38)(H,39,40)/t20-,21-,26-/m1/s1. The number of nitrogens with zero attached hydrogens (tertiary/aromatic N) is 2. The monoisotopic (exact) mass is 618 g/mol. The highest BCUT2D eigenvalue weighted by molar-refractivity contribution is 7.92. The Bertz CT molecular complexity index is 1790. The van der Waals surface area contributed by atoms with Crippen LogP contribution in [-0.4, -0.2) is 42.4 Å². The third-order valence-corrected chi connectivity index (χ3v) is 9.59. The van der Waals surface area contributed by atoms with Crippen molar-refractivity contribution in [2.24, 2.45) is 11.8 Å². The Hall–Kier alpha value is -4.46. The van der Waals surface area contributed by atoms with Gasteiger partial charge in [0.15, 0.2) is 0 Å². The van der Waals surface area contributed by atoms with Crippen molar-refractivity contribution in [1.82, 2.24) is 9.97 Å². The molecule has 1 aromatic heterocycles. The summed E-state index contributed by atoms with van der Waals surface area (Å²) in [4.78, 5) is 32.5. The Labute approximate surface area is 243 Å². The van der Waals surface area contributed by atoms with E-state index in [1.165, 1.54) is 25.5 Å². The summed E-state index contributed by atoms with van der Waals surface area (Å²) in [5.41, 5.74) is 0.362. The van der Waals surface area contributed by atoms with Gasteiger partial charge in [0, 0.05) is 7.05 Å². The zero-order chi connectivity index (χ0) is 31.1. The number of carbonyl (C=O) groups is 2. The van der Waals surface area contributed by atoms with Gasteiger partial charge in [-0.05, 0) is 72.9 Å². The summed E-state index contributed by atoms with van der Waals surface area (Å²) in [7, 11) is -2.55. The molecular weight excluding hydrogens is 592 g/mol. The van der Waals surface area contributed by atoms with E-state index in [1.54, 1.807) is 30.3 Å². The topological polar surface area (TPSA) is 132 Å². The highest BCUT2D eigenvalue weighted by Gasteiger charge is 2.43. The van der Waals surface area contributed by atoms with Crippen LogP contribution in [0.2, 0.25) is 0 Å². The number of H-pyrrole nitrogens is 1. The summed E-state index contributed by atoms with van der Waals surface area (Å²) in [5, 5.41) is 12.4. The smallest absolute Gasteiger partial charge is 0.416 e. The number of aromatic amines is 1. The molecule has 0 bridgehead atoms. The normalized spacial score (nSPS) is 19.2. The first-order chi connectivity index (χ1) is 20.3. The predicted octanol–water partition coefficient (Wildman–Crippen LogP) is 5.77. The van der Waals surface area contributed by atoms with Crippen LogP contribution in [0.3, 0.4) is 0 Å². The van der Waals surface area contributed by atoms with Crippen molar-refractivity contribution in [2.45, 2.75) is 36.3 Å². The lowest BCUT2D eigenvalue weighted by molar-refractivity contribution is -0.148. The van der Waals surface area contributed by atoms with Crippen molar-refractivity contribution in [2.75, 3.05) is 16.7 Å². The number of alkyl halides is 3. The maximum atomic E-state index is 14.4. The zero-order valence-corrected chi connectivity index (χ0v) is 23.4. The van der Waals surface area contributed by atoms with Crippen LogP contribution in [0.5, 0.6) is 0 Å². The molecule has 0 aliphatic heterocycles. The molecule has 14 heteroatoms. The average molecular weight is 619 g/mol. The molecule has 226 valence electrons. The third kappa shape index (κ3) is 5.91. The highest BCUT2D eigenvalue weighted by atomic mass is 32.2. The number of hydrogen-bond donors (Lipinski definition) is 3. The van der Waals surface area contributed by atoms with Gasteiger partial charge in [-0.2, -0.15) is 13.2 Å². The molecule has 3 atom stereocenters. The van der Waals surface area contributed by atoms with Crippen molar-refractivity contribution >= 4 is 44.3 Å². The van der Waals surface area contributed by atoms with E-state index in [4.69, 9.17) is 0 Å². The Morgan fingerprint density at radius 2 is 1.77 bits per heavy atom. The van der Waals surface area contributed by atoms with Gasteiger partial charge in [0.1, 0.15) is 5.82 Å². The van der Waals surface area contributed by atoms with Gasteiger partial charge in [-0.25, -0.2) is 17.8 Å². The number of amides is 1. The van der Waals surface area contributed by atoms with Gasteiger partial charge >= 0.3 is 12.1 Å². The number of anilines is 2. The molecule has 1 amide bonds. The van der Waals surface area contributed by atoms with E-state index in [0.717, 1.165) is 10.4 Å². The Morgan fingerprint density at radius 1 is 1.05 bits per heavy atom. The Balaban J connectivity index is 1.35. The summed E-state index contributed by atoms with van der Waals surface area (Å²) in [5.74, 6) is -6.28.